The fourth-order valence-corrected chi connectivity index (χ4v) is 3.66. The maximum atomic E-state index is 4.32. The summed E-state index contributed by atoms with van der Waals surface area (Å²) in [7, 11) is -0.532. The van der Waals surface area contributed by atoms with Gasteiger partial charge in [0.1, 0.15) is 0 Å². The summed E-state index contributed by atoms with van der Waals surface area (Å²) in [6.07, 6.45) is 7.81. The topological polar surface area (TPSA) is 44.5 Å². The molecule has 3 aromatic heterocycles. The summed E-state index contributed by atoms with van der Waals surface area (Å²) in [6, 6.07) is 14.2. The third-order valence-corrected chi connectivity index (χ3v) is 4.81. The summed E-state index contributed by atoms with van der Waals surface area (Å²) < 4.78 is 0. The van der Waals surface area contributed by atoms with E-state index in [0.29, 0.717) is 0 Å². The van der Waals surface area contributed by atoms with Crippen molar-refractivity contribution >= 4 is 24.9 Å². The smallest absolute Gasteiger partial charge is 0.0630 e. The molecule has 0 amide bonds. The van der Waals surface area contributed by atoms with Crippen LogP contribution in [0.1, 0.15) is 5.69 Å². The Morgan fingerprint density at radius 2 is 1.63 bits per heavy atom. The number of hydrogen-bond donors (Lipinski definition) is 2. The molecule has 0 atom stereocenters. The lowest BCUT2D eigenvalue weighted by atomic mass is 10.3. The standard InChI is InChI=1S/C15H14N3P/c1-2-9-16-13(5-1)8-12-19(14-6-3-10-17-14)15-7-4-11-18-15/h1-12,17-18H. The minimum Gasteiger partial charge on any atom is -0.361 e. The highest BCUT2D eigenvalue weighted by Gasteiger charge is 2.11. The third kappa shape index (κ3) is 2.83. The van der Waals surface area contributed by atoms with E-state index < -0.39 is 7.92 Å². The van der Waals surface area contributed by atoms with E-state index in [4.69, 9.17) is 0 Å². The first-order valence-corrected chi connectivity index (χ1v) is 7.50. The van der Waals surface area contributed by atoms with E-state index in [-0.39, 0.29) is 0 Å². The van der Waals surface area contributed by atoms with Gasteiger partial charge in [0, 0.05) is 37.4 Å². The van der Waals surface area contributed by atoms with Gasteiger partial charge < -0.3 is 9.97 Å². The van der Waals surface area contributed by atoms with E-state index in [0.717, 1.165) is 5.69 Å². The van der Waals surface area contributed by atoms with Crippen LogP contribution in [0.25, 0.3) is 6.08 Å². The van der Waals surface area contributed by atoms with E-state index in [1.807, 2.05) is 48.9 Å². The van der Waals surface area contributed by atoms with Crippen molar-refractivity contribution in [3.63, 3.8) is 0 Å². The van der Waals surface area contributed by atoms with Crippen molar-refractivity contribution in [2.45, 2.75) is 0 Å². The zero-order chi connectivity index (χ0) is 12.9. The van der Waals surface area contributed by atoms with Gasteiger partial charge in [-0.15, -0.1) is 0 Å². The number of nitrogens with zero attached hydrogens (tertiary/aromatic N) is 1. The Morgan fingerprint density at radius 1 is 0.895 bits per heavy atom. The first kappa shape index (κ1) is 11.9. The molecule has 0 spiro atoms. The largest absolute Gasteiger partial charge is 0.361 e. The lowest BCUT2D eigenvalue weighted by Crippen LogP contribution is -2.11. The molecular weight excluding hydrogens is 253 g/mol. The van der Waals surface area contributed by atoms with Crippen LogP contribution >= 0.6 is 7.92 Å². The maximum Gasteiger partial charge on any atom is 0.0630 e. The molecule has 19 heavy (non-hydrogen) atoms. The van der Waals surface area contributed by atoms with Gasteiger partial charge in [0.15, 0.2) is 0 Å². The lowest BCUT2D eigenvalue weighted by molar-refractivity contribution is 1.30. The molecule has 0 aliphatic rings. The molecule has 3 aromatic rings. The second kappa shape index (κ2) is 5.68. The summed E-state index contributed by atoms with van der Waals surface area (Å²) in [5.74, 6) is 2.22. The van der Waals surface area contributed by atoms with Crippen LogP contribution in [0.3, 0.4) is 0 Å². The predicted molar refractivity (Wildman–Crippen MR) is 81.0 cm³/mol. The molecule has 0 fully saturated rings. The van der Waals surface area contributed by atoms with Crippen LogP contribution in [0.15, 0.2) is 66.9 Å². The van der Waals surface area contributed by atoms with Crippen LogP contribution in [0, 0.1) is 0 Å². The fraction of sp³-hybridized carbons (Fsp3) is 0. The van der Waals surface area contributed by atoms with Crippen LogP contribution in [-0.4, -0.2) is 15.0 Å². The summed E-state index contributed by atoms with van der Waals surface area (Å²) in [6.45, 7) is 0. The average Bonchev–Trinajstić information content (AvgIpc) is 3.13. The fourth-order valence-electron chi connectivity index (χ4n) is 1.86. The molecule has 0 aromatic carbocycles. The van der Waals surface area contributed by atoms with Gasteiger partial charge in [0.05, 0.1) is 5.69 Å². The number of aromatic amines is 2. The highest BCUT2D eigenvalue weighted by atomic mass is 31.1. The number of nitrogens with one attached hydrogen (secondary N) is 2. The van der Waals surface area contributed by atoms with Gasteiger partial charge >= 0.3 is 0 Å². The van der Waals surface area contributed by atoms with Gasteiger partial charge in [0.25, 0.3) is 0 Å². The molecule has 0 bridgehead atoms. The van der Waals surface area contributed by atoms with E-state index in [1.165, 1.54) is 10.9 Å². The van der Waals surface area contributed by atoms with Crippen molar-refractivity contribution in [3.8, 4) is 0 Å². The van der Waals surface area contributed by atoms with Crippen LogP contribution < -0.4 is 10.9 Å². The molecule has 3 rings (SSSR count). The molecule has 0 aliphatic carbocycles. The van der Waals surface area contributed by atoms with Crippen molar-refractivity contribution in [3.05, 3.63) is 72.6 Å². The number of hydrogen-bond acceptors (Lipinski definition) is 1. The molecule has 3 nitrogen and oxygen atoms in total. The molecule has 94 valence electrons. The zero-order valence-electron chi connectivity index (χ0n) is 10.3. The monoisotopic (exact) mass is 267 g/mol. The van der Waals surface area contributed by atoms with Crippen LogP contribution in [0.5, 0.6) is 0 Å². The van der Waals surface area contributed by atoms with Gasteiger partial charge in [-0.1, -0.05) is 6.07 Å². The summed E-state index contributed by atoms with van der Waals surface area (Å²) >= 11 is 0. The molecule has 0 aliphatic heterocycles. The number of aromatic nitrogens is 3. The van der Waals surface area contributed by atoms with Gasteiger partial charge in [-0.25, -0.2) is 0 Å². The first-order valence-electron chi connectivity index (χ1n) is 6.09. The van der Waals surface area contributed by atoms with Crippen LogP contribution in [0.2, 0.25) is 0 Å². The van der Waals surface area contributed by atoms with Crippen molar-refractivity contribution in [1.82, 2.24) is 15.0 Å². The number of rotatable bonds is 4. The Hall–Kier alpha value is -2.12. The molecule has 2 N–H and O–H groups in total. The lowest BCUT2D eigenvalue weighted by Gasteiger charge is -2.09. The van der Waals surface area contributed by atoms with Crippen molar-refractivity contribution in [2.75, 3.05) is 0 Å². The quantitative estimate of drug-likeness (QED) is 0.701. The molecule has 4 heteroatoms. The molecule has 0 saturated heterocycles. The Kier molecular flexibility index (Phi) is 3.57. The Balaban J connectivity index is 1.91. The van der Waals surface area contributed by atoms with E-state index in [2.05, 4.69) is 39.0 Å². The number of pyridine rings is 1. The zero-order valence-corrected chi connectivity index (χ0v) is 11.2. The van der Waals surface area contributed by atoms with Gasteiger partial charge in [-0.2, -0.15) is 0 Å². The van der Waals surface area contributed by atoms with Gasteiger partial charge in [-0.3, -0.25) is 4.98 Å². The predicted octanol–water partition coefficient (Wildman–Crippen LogP) is 2.84. The SMILES string of the molecule is C(=CP(c1ccc[nH]1)c1ccc[nH]1)c1ccccn1. The van der Waals surface area contributed by atoms with E-state index in [1.54, 1.807) is 0 Å². The van der Waals surface area contributed by atoms with Crippen LogP contribution in [0.4, 0.5) is 0 Å². The van der Waals surface area contributed by atoms with Gasteiger partial charge in [-0.05, 0) is 48.3 Å². The second-order valence-corrected chi connectivity index (χ2v) is 6.05. The number of H-pyrrole nitrogens is 2. The second-order valence-electron chi connectivity index (χ2n) is 4.05. The minimum absolute atomic E-state index is 0.532. The van der Waals surface area contributed by atoms with E-state index in [9.17, 15) is 0 Å². The average molecular weight is 267 g/mol. The highest BCUT2D eigenvalue weighted by Crippen LogP contribution is 2.34. The molecular formula is C15H14N3P. The molecule has 3 heterocycles. The summed E-state index contributed by atoms with van der Waals surface area (Å²) in [4.78, 5) is 10.9. The molecule has 0 unspecified atom stereocenters. The normalized spacial score (nSPS) is 11.4. The Labute approximate surface area is 113 Å². The molecule has 0 saturated carbocycles. The van der Waals surface area contributed by atoms with Crippen molar-refractivity contribution in [2.24, 2.45) is 0 Å². The van der Waals surface area contributed by atoms with E-state index >= 15 is 0 Å². The third-order valence-electron chi connectivity index (χ3n) is 2.76. The maximum absolute atomic E-state index is 4.32. The molecule has 0 radical (unpaired) electrons. The Morgan fingerprint density at radius 3 is 2.16 bits per heavy atom. The van der Waals surface area contributed by atoms with Crippen LogP contribution in [-0.2, 0) is 0 Å². The minimum atomic E-state index is -0.532. The first-order chi connectivity index (χ1) is 9.43. The Bertz CT molecular complexity index is 593. The summed E-state index contributed by atoms with van der Waals surface area (Å²) in [5.41, 5.74) is 3.43. The van der Waals surface area contributed by atoms with Crippen molar-refractivity contribution < 1.29 is 0 Å². The van der Waals surface area contributed by atoms with Gasteiger partial charge in [0.2, 0.25) is 0 Å². The van der Waals surface area contributed by atoms with Crippen molar-refractivity contribution in [1.29, 1.82) is 0 Å². The summed E-state index contributed by atoms with van der Waals surface area (Å²) in [5, 5.41) is 0. The highest BCUT2D eigenvalue weighted by molar-refractivity contribution is 7.75.